The lowest BCUT2D eigenvalue weighted by atomic mass is 9.78. The highest BCUT2D eigenvalue weighted by molar-refractivity contribution is 7.87. The van der Waals surface area contributed by atoms with Crippen molar-refractivity contribution in [2.75, 3.05) is 6.54 Å². The fourth-order valence-electron chi connectivity index (χ4n) is 5.28. The minimum atomic E-state index is -4.14. The number of hydrogen-bond donors (Lipinski definition) is 0. The minimum Gasteiger partial charge on any atom is -0.379 e. The van der Waals surface area contributed by atoms with Crippen LogP contribution in [0.5, 0.6) is 5.75 Å². The van der Waals surface area contributed by atoms with Crippen molar-refractivity contribution in [3.8, 4) is 5.75 Å². The molecule has 1 saturated heterocycles. The van der Waals surface area contributed by atoms with Gasteiger partial charge < -0.3 is 4.18 Å². The predicted octanol–water partition coefficient (Wildman–Crippen LogP) is 4.11. The average molecular weight is 618 g/mol. The zero-order chi connectivity index (χ0) is 31.8. The fraction of sp³-hybridized carbons (Fsp3) is 0.226. The molecule has 2 aliphatic rings. The van der Waals surface area contributed by atoms with E-state index in [1.807, 2.05) is 13.0 Å². The third kappa shape index (κ3) is 5.86. The molecule has 0 spiro atoms. The number of Topliss-reactive ketones (excluding diaryl/α,β-unsaturated/α-hetero) is 1. The summed E-state index contributed by atoms with van der Waals surface area (Å²) >= 11 is 0. The summed E-state index contributed by atoms with van der Waals surface area (Å²) in [6, 6.07) is 15.8. The van der Waals surface area contributed by atoms with Gasteiger partial charge in [0.25, 0.3) is 23.4 Å². The van der Waals surface area contributed by atoms with Gasteiger partial charge in [-0.3, -0.25) is 29.3 Å². The number of rotatable bonds is 9. The number of aryl methyl sites for hydroxylation is 1. The summed E-state index contributed by atoms with van der Waals surface area (Å²) in [6.07, 6.45) is 3.93. The predicted molar refractivity (Wildman–Crippen MR) is 156 cm³/mol. The normalized spacial score (nSPS) is 19.4. The van der Waals surface area contributed by atoms with Gasteiger partial charge in [-0.05, 0) is 67.8 Å². The molecule has 0 radical (unpaired) electrons. The van der Waals surface area contributed by atoms with E-state index < -0.39 is 56.9 Å². The first-order chi connectivity index (χ1) is 20.9. The maximum Gasteiger partial charge on any atom is 0.339 e. The molecule has 0 aromatic heterocycles. The van der Waals surface area contributed by atoms with E-state index in [4.69, 9.17) is 4.18 Å². The summed E-state index contributed by atoms with van der Waals surface area (Å²) in [5, 5.41) is 12.6. The lowest BCUT2D eigenvalue weighted by Gasteiger charge is -2.30. The highest BCUT2D eigenvalue weighted by atomic mass is 32.2. The molecule has 1 fully saturated rings. The number of non-ortho nitro benzene ring substituents is 1. The number of imide groups is 1. The number of benzene rings is 3. The van der Waals surface area contributed by atoms with Crippen molar-refractivity contribution in [2.45, 2.75) is 25.2 Å². The summed E-state index contributed by atoms with van der Waals surface area (Å²) in [5.41, 5.74) is 0.582. The third-order valence-corrected chi connectivity index (χ3v) is 8.90. The Morgan fingerprint density at radius 2 is 1.57 bits per heavy atom. The van der Waals surface area contributed by atoms with Crippen LogP contribution in [0.1, 0.15) is 39.6 Å². The van der Waals surface area contributed by atoms with E-state index in [1.165, 1.54) is 48.5 Å². The van der Waals surface area contributed by atoms with Crippen LogP contribution in [0, 0.1) is 34.8 Å². The van der Waals surface area contributed by atoms with E-state index >= 15 is 0 Å². The van der Waals surface area contributed by atoms with E-state index in [9.17, 15) is 37.7 Å². The van der Waals surface area contributed by atoms with Gasteiger partial charge >= 0.3 is 10.1 Å². The third-order valence-electron chi connectivity index (χ3n) is 7.64. The average Bonchev–Trinajstić information content (AvgIpc) is 3.26. The molecule has 1 aliphatic heterocycles. The van der Waals surface area contributed by atoms with Gasteiger partial charge in [-0.1, -0.05) is 36.8 Å². The Morgan fingerprint density at radius 1 is 0.955 bits per heavy atom. The molecule has 0 bridgehead atoms. The highest BCUT2D eigenvalue weighted by Gasteiger charge is 2.53. The van der Waals surface area contributed by atoms with Crippen LogP contribution in [0.3, 0.4) is 0 Å². The second-order valence-electron chi connectivity index (χ2n) is 10.6. The van der Waals surface area contributed by atoms with Gasteiger partial charge in [0.15, 0.2) is 5.78 Å². The molecule has 3 atom stereocenters. The summed E-state index contributed by atoms with van der Waals surface area (Å²) in [4.78, 5) is 64.5. The van der Waals surface area contributed by atoms with Crippen LogP contribution in [-0.2, 0) is 19.7 Å². The quantitative estimate of drug-likeness (QED) is 0.0859. The number of hydrogen-bond acceptors (Lipinski definition) is 9. The topological polar surface area (TPSA) is 161 Å². The largest absolute Gasteiger partial charge is 0.379 e. The van der Waals surface area contributed by atoms with E-state index in [0.717, 1.165) is 22.7 Å². The molecule has 3 amide bonds. The van der Waals surface area contributed by atoms with Crippen LogP contribution < -0.4 is 4.18 Å². The maximum atomic E-state index is 13.7. The SMILES string of the molecule is Cc1ccc(S(=O)(=O)Oc2ccc(C(=O)CN(C(=O)c3ccc([N+](=O)[O-])cc3)N3C(=O)[C@H]4[C@@H](C)C=CC[C@H]4C3=O)cc2)cc1. The maximum absolute atomic E-state index is 13.7. The Hall–Kier alpha value is -5.17. The zero-order valence-electron chi connectivity index (χ0n) is 23.7. The molecule has 226 valence electrons. The van der Waals surface area contributed by atoms with Gasteiger partial charge in [0.05, 0.1) is 16.8 Å². The first-order valence-corrected chi connectivity index (χ1v) is 15.0. The lowest BCUT2D eigenvalue weighted by molar-refractivity contribution is -0.384. The Balaban J connectivity index is 1.41. The first kappa shape index (κ1) is 30.3. The van der Waals surface area contributed by atoms with E-state index in [0.29, 0.717) is 11.4 Å². The van der Waals surface area contributed by atoms with Crippen LogP contribution in [-0.4, -0.2) is 53.4 Å². The summed E-state index contributed by atoms with van der Waals surface area (Å²) in [6.45, 7) is 2.89. The lowest BCUT2D eigenvalue weighted by Crippen LogP contribution is -2.52. The van der Waals surface area contributed by atoms with E-state index in [-0.39, 0.29) is 33.4 Å². The number of hydrazine groups is 1. The second kappa shape index (κ2) is 11.8. The number of allylic oxidation sites excluding steroid dienone is 2. The molecule has 13 heteroatoms. The summed E-state index contributed by atoms with van der Waals surface area (Å²) in [7, 11) is -4.14. The number of carbonyl (C=O) groups excluding carboxylic acids is 4. The number of nitro benzene ring substituents is 1. The van der Waals surface area contributed by atoms with Crippen molar-refractivity contribution in [1.29, 1.82) is 0 Å². The Kier molecular flexibility index (Phi) is 8.15. The summed E-state index contributed by atoms with van der Waals surface area (Å²) < 4.78 is 30.5. The minimum absolute atomic E-state index is 0.0475. The number of ketones is 1. The monoisotopic (exact) mass is 617 g/mol. The first-order valence-electron chi connectivity index (χ1n) is 13.6. The number of amides is 3. The molecule has 0 saturated carbocycles. The smallest absolute Gasteiger partial charge is 0.339 e. The van der Waals surface area contributed by atoms with Crippen LogP contribution in [0.25, 0.3) is 0 Å². The van der Waals surface area contributed by atoms with Crippen molar-refractivity contribution in [3.63, 3.8) is 0 Å². The van der Waals surface area contributed by atoms with Gasteiger partial charge in [-0.25, -0.2) is 5.01 Å². The van der Waals surface area contributed by atoms with Gasteiger partial charge in [0.1, 0.15) is 17.2 Å². The van der Waals surface area contributed by atoms with E-state index in [1.54, 1.807) is 25.1 Å². The number of nitro groups is 1. The second-order valence-corrected chi connectivity index (χ2v) is 12.2. The fourth-order valence-corrected chi connectivity index (χ4v) is 6.21. The molecule has 44 heavy (non-hydrogen) atoms. The number of fused-ring (bicyclic) bond motifs is 1. The molecule has 1 aliphatic carbocycles. The molecule has 12 nitrogen and oxygen atoms in total. The van der Waals surface area contributed by atoms with Gasteiger partial charge in [-0.15, -0.1) is 0 Å². The van der Waals surface area contributed by atoms with Gasteiger partial charge in [-0.2, -0.15) is 13.4 Å². The van der Waals surface area contributed by atoms with Crippen LogP contribution in [0.4, 0.5) is 5.69 Å². The highest BCUT2D eigenvalue weighted by Crippen LogP contribution is 2.39. The molecular formula is C31H27N3O9S. The standard InChI is InChI=1S/C31H27N3O9S/c1-19-6-16-25(17-7-19)44(41,42)43-24-14-10-21(11-15-24)27(35)18-32(29(36)22-8-12-23(13-9-22)34(39)40)33-30(37)26-5-3-4-20(2)28(26)31(33)38/h3-4,6-17,20,26,28H,5,18H2,1-2H3/t20-,26+,28-/m0/s1. The Morgan fingerprint density at radius 3 is 2.16 bits per heavy atom. The van der Waals surface area contributed by atoms with Crippen LogP contribution in [0.15, 0.2) is 89.8 Å². The molecule has 1 heterocycles. The Labute approximate surface area is 252 Å². The number of nitrogens with zero attached hydrogens (tertiary/aromatic N) is 3. The molecule has 3 aromatic carbocycles. The van der Waals surface area contributed by atoms with Crippen molar-refractivity contribution >= 4 is 39.3 Å². The van der Waals surface area contributed by atoms with Crippen LogP contribution in [0.2, 0.25) is 0 Å². The Bertz CT molecular complexity index is 1780. The molecule has 0 unspecified atom stereocenters. The van der Waals surface area contributed by atoms with E-state index in [2.05, 4.69) is 0 Å². The van der Waals surface area contributed by atoms with Crippen molar-refractivity contribution in [2.24, 2.45) is 17.8 Å². The van der Waals surface area contributed by atoms with Gasteiger partial charge in [0.2, 0.25) is 0 Å². The zero-order valence-corrected chi connectivity index (χ0v) is 24.5. The molecule has 5 rings (SSSR count). The van der Waals surface area contributed by atoms with Gasteiger partial charge in [0, 0.05) is 23.3 Å². The van der Waals surface area contributed by atoms with Crippen molar-refractivity contribution in [3.05, 3.63) is 112 Å². The van der Waals surface area contributed by atoms with Crippen molar-refractivity contribution in [1.82, 2.24) is 10.0 Å². The molecule has 0 N–H and O–H groups in total. The molecular weight excluding hydrogens is 590 g/mol. The van der Waals surface area contributed by atoms with Crippen LogP contribution >= 0.6 is 0 Å². The number of carbonyl (C=O) groups is 4. The summed E-state index contributed by atoms with van der Waals surface area (Å²) in [5.74, 6) is -4.51. The molecule has 3 aromatic rings. The van der Waals surface area contributed by atoms with Crippen molar-refractivity contribution < 1.29 is 36.7 Å².